The molecule has 0 bridgehead atoms. The Kier molecular flexibility index (Phi) is 11.2. The van der Waals surface area contributed by atoms with Crippen molar-refractivity contribution in [2.24, 2.45) is 4.99 Å². The van der Waals surface area contributed by atoms with Crippen molar-refractivity contribution in [2.75, 3.05) is 19.6 Å². The minimum Gasteiger partial charge on any atom is -0.357 e. The summed E-state index contributed by atoms with van der Waals surface area (Å²) in [6, 6.07) is 0. The number of rotatable bonds is 7. The highest BCUT2D eigenvalue weighted by atomic mass is 127. The van der Waals surface area contributed by atoms with E-state index in [-0.39, 0.29) is 24.0 Å². The fourth-order valence-electron chi connectivity index (χ4n) is 1.61. The molecule has 1 rings (SSSR count). The molecule has 1 aromatic heterocycles. The van der Waals surface area contributed by atoms with Crippen molar-refractivity contribution in [3.05, 3.63) is 16.1 Å². The SMILES string of the molecule is CCNC(=NCCCCc1nc(C)cs1)NCC.I. The molecule has 0 atom stereocenters. The van der Waals surface area contributed by atoms with Crippen LogP contribution < -0.4 is 10.6 Å². The van der Waals surface area contributed by atoms with E-state index in [2.05, 4.69) is 39.8 Å². The van der Waals surface area contributed by atoms with Crippen molar-refractivity contribution in [3.8, 4) is 0 Å². The molecule has 1 heterocycles. The minimum absolute atomic E-state index is 0. The van der Waals surface area contributed by atoms with Crippen molar-refractivity contribution in [2.45, 2.75) is 40.0 Å². The lowest BCUT2D eigenvalue weighted by Gasteiger charge is -2.08. The minimum atomic E-state index is 0. The van der Waals surface area contributed by atoms with Crippen LogP contribution >= 0.6 is 35.3 Å². The molecule has 0 radical (unpaired) electrons. The molecule has 0 aliphatic heterocycles. The maximum absolute atomic E-state index is 4.52. The Morgan fingerprint density at radius 3 is 2.47 bits per heavy atom. The van der Waals surface area contributed by atoms with Crippen LogP contribution in [0, 0.1) is 6.92 Å². The van der Waals surface area contributed by atoms with Crippen molar-refractivity contribution < 1.29 is 0 Å². The van der Waals surface area contributed by atoms with Gasteiger partial charge in [0.05, 0.1) is 5.01 Å². The van der Waals surface area contributed by atoms with E-state index in [0.717, 1.165) is 50.6 Å². The maximum atomic E-state index is 4.52. The number of halogens is 1. The number of aryl methyl sites for hydroxylation is 2. The van der Waals surface area contributed by atoms with E-state index < -0.39 is 0 Å². The molecule has 0 saturated carbocycles. The first-order valence-corrected chi connectivity index (χ1v) is 7.57. The average molecular weight is 396 g/mol. The number of nitrogens with zero attached hydrogens (tertiary/aromatic N) is 2. The first kappa shape index (κ1) is 18.6. The van der Waals surface area contributed by atoms with E-state index in [9.17, 15) is 0 Å². The number of hydrogen-bond donors (Lipinski definition) is 2. The Balaban J connectivity index is 0.00000324. The summed E-state index contributed by atoms with van der Waals surface area (Å²) in [4.78, 5) is 8.98. The number of thiazole rings is 1. The molecular weight excluding hydrogens is 371 g/mol. The molecule has 0 aliphatic carbocycles. The molecule has 0 amide bonds. The van der Waals surface area contributed by atoms with Crippen LogP contribution in [0.5, 0.6) is 0 Å². The van der Waals surface area contributed by atoms with Gasteiger partial charge in [-0.15, -0.1) is 35.3 Å². The summed E-state index contributed by atoms with van der Waals surface area (Å²) in [5.41, 5.74) is 1.13. The Hall–Kier alpha value is -0.370. The number of unbranched alkanes of at least 4 members (excludes halogenated alkanes) is 1. The maximum Gasteiger partial charge on any atom is 0.191 e. The van der Waals surface area contributed by atoms with Crippen LogP contribution in [-0.4, -0.2) is 30.6 Å². The summed E-state index contributed by atoms with van der Waals surface area (Å²) >= 11 is 1.76. The van der Waals surface area contributed by atoms with E-state index in [1.165, 1.54) is 5.01 Å². The summed E-state index contributed by atoms with van der Waals surface area (Å²) in [6.07, 6.45) is 3.34. The Morgan fingerprint density at radius 1 is 1.26 bits per heavy atom. The van der Waals surface area contributed by atoms with Crippen LogP contribution in [0.3, 0.4) is 0 Å². The lowest BCUT2D eigenvalue weighted by atomic mass is 10.2. The van der Waals surface area contributed by atoms with Gasteiger partial charge in [-0.3, -0.25) is 4.99 Å². The molecule has 110 valence electrons. The fourth-order valence-corrected chi connectivity index (χ4v) is 2.42. The van der Waals surface area contributed by atoms with Gasteiger partial charge < -0.3 is 10.6 Å². The quantitative estimate of drug-likeness (QED) is 0.323. The number of guanidine groups is 1. The van der Waals surface area contributed by atoms with Gasteiger partial charge in [-0.1, -0.05) is 0 Å². The monoisotopic (exact) mass is 396 g/mol. The third kappa shape index (κ3) is 8.41. The van der Waals surface area contributed by atoms with Gasteiger partial charge in [-0.25, -0.2) is 4.98 Å². The Labute approximate surface area is 137 Å². The topological polar surface area (TPSA) is 49.3 Å². The predicted molar refractivity (Wildman–Crippen MR) is 94.9 cm³/mol. The van der Waals surface area contributed by atoms with Crippen LogP contribution in [0.25, 0.3) is 0 Å². The number of aliphatic imine (C=N–C) groups is 1. The Morgan fingerprint density at radius 2 is 1.95 bits per heavy atom. The average Bonchev–Trinajstić information content (AvgIpc) is 2.75. The Bertz CT molecular complexity index is 357. The number of aromatic nitrogens is 1. The van der Waals surface area contributed by atoms with Crippen molar-refractivity contribution in [1.82, 2.24) is 15.6 Å². The zero-order valence-corrected chi connectivity index (χ0v) is 15.2. The summed E-state index contributed by atoms with van der Waals surface area (Å²) in [5, 5.41) is 9.81. The third-order valence-corrected chi connectivity index (χ3v) is 3.45. The molecular formula is C13H25IN4S. The van der Waals surface area contributed by atoms with Gasteiger partial charge in [0.15, 0.2) is 5.96 Å². The van der Waals surface area contributed by atoms with Gasteiger partial charge in [-0.2, -0.15) is 0 Å². The van der Waals surface area contributed by atoms with Gasteiger partial charge in [0, 0.05) is 30.7 Å². The van der Waals surface area contributed by atoms with Crippen LogP contribution in [0.4, 0.5) is 0 Å². The molecule has 0 fully saturated rings. The van der Waals surface area contributed by atoms with E-state index in [1.807, 2.05) is 6.92 Å². The molecule has 0 unspecified atom stereocenters. The molecule has 6 heteroatoms. The van der Waals surface area contributed by atoms with Gasteiger partial charge >= 0.3 is 0 Å². The summed E-state index contributed by atoms with van der Waals surface area (Å²) in [6.45, 7) is 8.90. The lowest BCUT2D eigenvalue weighted by molar-refractivity contribution is 0.731. The largest absolute Gasteiger partial charge is 0.357 e. The van der Waals surface area contributed by atoms with Crippen LogP contribution in [0.1, 0.15) is 37.4 Å². The second-order valence-corrected chi connectivity index (χ2v) is 5.07. The molecule has 0 aliphatic rings. The van der Waals surface area contributed by atoms with Gasteiger partial charge in [-0.05, 0) is 40.0 Å². The normalized spacial score (nSPS) is 9.63. The van der Waals surface area contributed by atoms with Gasteiger partial charge in [0.25, 0.3) is 0 Å². The second-order valence-electron chi connectivity index (χ2n) is 4.13. The fraction of sp³-hybridized carbons (Fsp3) is 0.692. The number of nitrogens with one attached hydrogen (secondary N) is 2. The predicted octanol–water partition coefficient (Wildman–Crippen LogP) is 2.97. The molecule has 19 heavy (non-hydrogen) atoms. The van der Waals surface area contributed by atoms with Crippen molar-refractivity contribution in [3.63, 3.8) is 0 Å². The standard InChI is InChI=1S/C13H24N4S.HI/c1-4-14-13(15-5-2)16-9-7-6-8-12-17-11(3)10-18-12;/h10H,4-9H2,1-3H3,(H2,14,15,16);1H. The smallest absolute Gasteiger partial charge is 0.191 e. The third-order valence-electron chi connectivity index (χ3n) is 2.42. The van der Waals surface area contributed by atoms with E-state index in [4.69, 9.17) is 0 Å². The second kappa shape index (κ2) is 11.5. The number of hydrogen-bond acceptors (Lipinski definition) is 3. The molecule has 0 aromatic carbocycles. The molecule has 0 saturated heterocycles. The van der Waals surface area contributed by atoms with Crippen molar-refractivity contribution in [1.29, 1.82) is 0 Å². The zero-order chi connectivity index (χ0) is 13.2. The van der Waals surface area contributed by atoms with Crippen molar-refractivity contribution >= 4 is 41.3 Å². The first-order chi connectivity index (χ1) is 8.76. The van der Waals surface area contributed by atoms with Gasteiger partial charge in [0.2, 0.25) is 0 Å². The van der Waals surface area contributed by atoms with Crippen LogP contribution in [0.15, 0.2) is 10.4 Å². The highest BCUT2D eigenvalue weighted by Crippen LogP contribution is 2.11. The highest BCUT2D eigenvalue weighted by Gasteiger charge is 1.98. The lowest BCUT2D eigenvalue weighted by Crippen LogP contribution is -2.37. The van der Waals surface area contributed by atoms with Crippen LogP contribution in [0.2, 0.25) is 0 Å². The molecule has 2 N–H and O–H groups in total. The highest BCUT2D eigenvalue weighted by molar-refractivity contribution is 14.0. The first-order valence-electron chi connectivity index (χ1n) is 6.69. The van der Waals surface area contributed by atoms with Gasteiger partial charge in [0.1, 0.15) is 0 Å². The van der Waals surface area contributed by atoms with E-state index in [0.29, 0.717) is 0 Å². The molecule has 4 nitrogen and oxygen atoms in total. The zero-order valence-electron chi connectivity index (χ0n) is 12.0. The van der Waals surface area contributed by atoms with Crippen LogP contribution in [-0.2, 0) is 6.42 Å². The molecule has 1 aromatic rings. The molecule has 0 spiro atoms. The summed E-state index contributed by atoms with van der Waals surface area (Å²) in [7, 11) is 0. The summed E-state index contributed by atoms with van der Waals surface area (Å²) in [5.74, 6) is 0.921. The summed E-state index contributed by atoms with van der Waals surface area (Å²) < 4.78 is 0. The van der Waals surface area contributed by atoms with E-state index in [1.54, 1.807) is 11.3 Å². The van der Waals surface area contributed by atoms with E-state index >= 15 is 0 Å².